The SMILES string of the molecule is N#Cc1cccc(C(=O)NC(CN2CCCC2=O)c2ccccc2)c1. The molecule has 1 heterocycles. The van der Waals surface area contributed by atoms with Gasteiger partial charge in [-0.05, 0) is 30.2 Å². The highest BCUT2D eigenvalue weighted by Crippen LogP contribution is 2.19. The van der Waals surface area contributed by atoms with Crippen LogP contribution in [0.4, 0.5) is 0 Å². The summed E-state index contributed by atoms with van der Waals surface area (Å²) >= 11 is 0. The Morgan fingerprint density at radius 3 is 2.68 bits per heavy atom. The van der Waals surface area contributed by atoms with E-state index < -0.39 is 0 Å². The number of amides is 2. The Morgan fingerprint density at radius 1 is 1.20 bits per heavy atom. The Bertz CT molecular complexity index is 811. The molecule has 0 radical (unpaired) electrons. The van der Waals surface area contributed by atoms with Crippen molar-refractivity contribution in [3.05, 3.63) is 71.3 Å². The first-order valence-electron chi connectivity index (χ1n) is 8.31. The van der Waals surface area contributed by atoms with E-state index in [9.17, 15) is 9.59 Å². The molecular formula is C20H19N3O2. The third-order valence-corrected chi connectivity index (χ3v) is 4.34. The van der Waals surface area contributed by atoms with Crippen molar-refractivity contribution in [2.75, 3.05) is 13.1 Å². The molecule has 1 aliphatic heterocycles. The van der Waals surface area contributed by atoms with Gasteiger partial charge in [-0.1, -0.05) is 36.4 Å². The fourth-order valence-corrected chi connectivity index (χ4v) is 3.01. The Hall–Kier alpha value is -3.13. The Labute approximate surface area is 146 Å². The molecule has 0 aromatic heterocycles. The summed E-state index contributed by atoms with van der Waals surface area (Å²) < 4.78 is 0. The van der Waals surface area contributed by atoms with Crippen molar-refractivity contribution < 1.29 is 9.59 Å². The van der Waals surface area contributed by atoms with Gasteiger partial charge in [0.2, 0.25) is 5.91 Å². The summed E-state index contributed by atoms with van der Waals surface area (Å²) in [4.78, 5) is 26.4. The van der Waals surface area contributed by atoms with Gasteiger partial charge in [0, 0.05) is 25.1 Å². The Morgan fingerprint density at radius 2 is 2.00 bits per heavy atom. The summed E-state index contributed by atoms with van der Waals surface area (Å²) in [6.07, 6.45) is 1.43. The average Bonchev–Trinajstić information content (AvgIpc) is 3.06. The lowest BCUT2D eigenvalue weighted by Gasteiger charge is -2.25. The lowest BCUT2D eigenvalue weighted by molar-refractivity contribution is -0.128. The third kappa shape index (κ3) is 4.04. The lowest BCUT2D eigenvalue weighted by atomic mass is 10.0. The zero-order valence-corrected chi connectivity index (χ0v) is 13.8. The van der Waals surface area contributed by atoms with Gasteiger partial charge in [0.05, 0.1) is 17.7 Å². The van der Waals surface area contributed by atoms with Crippen LogP contribution in [0.5, 0.6) is 0 Å². The summed E-state index contributed by atoms with van der Waals surface area (Å²) in [6, 6.07) is 18.0. The predicted octanol–water partition coefficient (Wildman–Crippen LogP) is 2.65. The molecule has 0 aliphatic carbocycles. The number of carbonyl (C=O) groups is 2. The molecule has 126 valence electrons. The van der Waals surface area contributed by atoms with Crippen molar-refractivity contribution in [3.8, 4) is 6.07 Å². The second-order valence-electron chi connectivity index (χ2n) is 6.07. The van der Waals surface area contributed by atoms with Crippen molar-refractivity contribution in [1.82, 2.24) is 10.2 Å². The number of nitriles is 1. The molecule has 5 nitrogen and oxygen atoms in total. The smallest absolute Gasteiger partial charge is 0.251 e. The fourth-order valence-electron chi connectivity index (χ4n) is 3.01. The highest BCUT2D eigenvalue weighted by atomic mass is 16.2. The van der Waals surface area contributed by atoms with Crippen molar-refractivity contribution in [2.24, 2.45) is 0 Å². The number of rotatable bonds is 5. The molecule has 0 spiro atoms. The maximum absolute atomic E-state index is 12.6. The number of carbonyl (C=O) groups excluding carboxylic acids is 2. The highest BCUT2D eigenvalue weighted by Gasteiger charge is 2.25. The van der Waals surface area contributed by atoms with Crippen molar-refractivity contribution in [2.45, 2.75) is 18.9 Å². The molecule has 0 saturated carbocycles. The number of nitrogens with zero attached hydrogens (tertiary/aromatic N) is 2. The predicted molar refractivity (Wildman–Crippen MR) is 93.6 cm³/mol. The van der Waals surface area contributed by atoms with Gasteiger partial charge in [0.1, 0.15) is 0 Å². The van der Waals surface area contributed by atoms with Crippen LogP contribution >= 0.6 is 0 Å². The van der Waals surface area contributed by atoms with E-state index in [0.29, 0.717) is 24.1 Å². The molecule has 1 N–H and O–H groups in total. The zero-order chi connectivity index (χ0) is 17.6. The van der Waals surface area contributed by atoms with E-state index in [4.69, 9.17) is 5.26 Å². The van der Waals surface area contributed by atoms with Crippen LogP contribution in [0.2, 0.25) is 0 Å². The molecule has 1 fully saturated rings. The minimum Gasteiger partial charge on any atom is -0.343 e. The van der Waals surface area contributed by atoms with Crippen LogP contribution in [0.1, 0.15) is 40.4 Å². The van der Waals surface area contributed by atoms with Crippen molar-refractivity contribution in [1.29, 1.82) is 5.26 Å². The second-order valence-corrected chi connectivity index (χ2v) is 6.07. The molecule has 5 heteroatoms. The minimum atomic E-state index is -0.290. The van der Waals surface area contributed by atoms with Gasteiger partial charge in [-0.3, -0.25) is 9.59 Å². The van der Waals surface area contributed by atoms with Gasteiger partial charge in [-0.25, -0.2) is 0 Å². The molecule has 0 bridgehead atoms. The van der Waals surface area contributed by atoms with Crippen LogP contribution in [0.3, 0.4) is 0 Å². The van der Waals surface area contributed by atoms with E-state index in [1.165, 1.54) is 0 Å². The molecular weight excluding hydrogens is 314 g/mol. The summed E-state index contributed by atoms with van der Waals surface area (Å²) in [5.74, 6) is -0.126. The fraction of sp³-hybridized carbons (Fsp3) is 0.250. The van der Waals surface area contributed by atoms with Crippen LogP contribution in [0.25, 0.3) is 0 Å². The molecule has 2 amide bonds. The van der Waals surface area contributed by atoms with Crippen LogP contribution in [-0.4, -0.2) is 29.8 Å². The third-order valence-electron chi connectivity index (χ3n) is 4.34. The summed E-state index contributed by atoms with van der Waals surface area (Å²) in [6.45, 7) is 1.18. The van der Waals surface area contributed by atoms with Gasteiger partial charge in [-0.15, -0.1) is 0 Å². The van der Waals surface area contributed by atoms with Crippen LogP contribution in [0.15, 0.2) is 54.6 Å². The topological polar surface area (TPSA) is 73.2 Å². The van der Waals surface area contributed by atoms with Crippen molar-refractivity contribution in [3.63, 3.8) is 0 Å². The normalized spacial score (nSPS) is 14.8. The molecule has 3 rings (SSSR count). The van der Waals surface area contributed by atoms with E-state index >= 15 is 0 Å². The van der Waals surface area contributed by atoms with E-state index in [0.717, 1.165) is 18.5 Å². The lowest BCUT2D eigenvalue weighted by Crippen LogP contribution is -2.38. The zero-order valence-electron chi connectivity index (χ0n) is 13.8. The maximum Gasteiger partial charge on any atom is 0.251 e. The van der Waals surface area contributed by atoms with Gasteiger partial charge in [-0.2, -0.15) is 5.26 Å². The van der Waals surface area contributed by atoms with Gasteiger partial charge in [0.25, 0.3) is 5.91 Å². The minimum absolute atomic E-state index is 0.127. The monoisotopic (exact) mass is 333 g/mol. The molecule has 1 unspecified atom stereocenters. The van der Waals surface area contributed by atoms with E-state index in [-0.39, 0.29) is 17.9 Å². The summed E-state index contributed by atoms with van der Waals surface area (Å²) in [5, 5.41) is 12.0. The number of nitrogens with one attached hydrogen (secondary N) is 1. The molecule has 25 heavy (non-hydrogen) atoms. The summed E-state index contributed by atoms with van der Waals surface area (Å²) in [7, 11) is 0. The van der Waals surface area contributed by atoms with Crippen LogP contribution < -0.4 is 5.32 Å². The quantitative estimate of drug-likeness (QED) is 0.914. The summed E-state index contributed by atoms with van der Waals surface area (Å²) in [5.41, 5.74) is 1.83. The molecule has 1 atom stereocenters. The Balaban J connectivity index is 1.80. The first kappa shape index (κ1) is 16.7. The second kappa shape index (κ2) is 7.63. The maximum atomic E-state index is 12.6. The number of likely N-dealkylation sites (tertiary alicyclic amines) is 1. The molecule has 2 aromatic carbocycles. The number of benzene rings is 2. The van der Waals surface area contributed by atoms with Crippen LogP contribution in [-0.2, 0) is 4.79 Å². The van der Waals surface area contributed by atoms with Crippen LogP contribution in [0, 0.1) is 11.3 Å². The standard InChI is InChI=1S/C20H19N3O2/c21-13-15-6-4-9-17(12-15)20(25)22-18(16-7-2-1-3-8-16)14-23-11-5-10-19(23)24/h1-4,6-9,12,18H,5,10-11,14H2,(H,22,25). The van der Waals surface area contributed by atoms with Gasteiger partial charge in [0.15, 0.2) is 0 Å². The first-order valence-corrected chi connectivity index (χ1v) is 8.31. The number of hydrogen-bond donors (Lipinski definition) is 1. The van der Waals surface area contributed by atoms with E-state index in [2.05, 4.69) is 5.32 Å². The van der Waals surface area contributed by atoms with Gasteiger partial charge >= 0.3 is 0 Å². The number of hydrogen-bond acceptors (Lipinski definition) is 3. The molecule has 2 aromatic rings. The molecule has 1 saturated heterocycles. The average molecular weight is 333 g/mol. The first-order chi connectivity index (χ1) is 12.2. The molecule has 1 aliphatic rings. The van der Waals surface area contributed by atoms with Gasteiger partial charge < -0.3 is 10.2 Å². The Kier molecular flexibility index (Phi) is 5.10. The van der Waals surface area contributed by atoms with E-state index in [1.54, 1.807) is 29.2 Å². The highest BCUT2D eigenvalue weighted by molar-refractivity contribution is 5.94. The van der Waals surface area contributed by atoms with Crippen molar-refractivity contribution >= 4 is 11.8 Å². The largest absolute Gasteiger partial charge is 0.343 e. The van der Waals surface area contributed by atoms with E-state index in [1.807, 2.05) is 36.4 Å².